The van der Waals surface area contributed by atoms with Gasteiger partial charge in [-0.2, -0.15) is 0 Å². The number of aromatic amines is 1. The zero-order chi connectivity index (χ0) is 20.8. The molecule has 3 rings (SSSR count). The van der Waals surface area contributed by atoms with Gasteiger partial charge in [-0.15, -0.1) is 0 Å². The van der Waals surface area contributed by atoms with Crippen LogP contribution < -0.4 is 15.4 Å². The second-order valence-corrected chi connectivity index (χ2v) is 6.94. The van der Waals surface area contributed by atoms with E-state index in [0.717, 1.165) is 33.5 Å². The molecule has 0 aliphatic heterocycles. The van der Waals surface area contributed by atoms with Gasteiger partial charge in [0.2, 0.25) is 11.8 Å². The van der Waals surface area contributed by atoms with Crippen LogP contribution in [0.5, 0.6) is 5.75 Å². The molecule has 0 aliphatic carbocycles. The summed E-state index contributed by atoms with van der Waals surface area (Å²) >= 11 is 0. The van der Waals surface area contributed by atoms with Crippen LogP contribution in [-0.4, -0.2) is 36.5 Å². The van der Waals surface area contributed by atoms with Crippen LogP contribution >= 0.6 is 0 Å². The number of nitrogens with one attached hydrogen (secondary N) is 3. The first-order valence-electron chi connectivity index (χ1n) is 9.84. The lowest BCUT2D eigenvalue weighted by atomic mass is 10.0. The molecule has 0 saturated carbocycles. The van der Waals surface area contributed by atoms with E-state index in [9.17, 15) is 9.59 Å². The lowest BCUT2D eigenvalue weighted by Crippen LogP contribution is -2.44. The molecule has 3 aromatic rings. The second-order valence-electron chi connectivity index (χ2n) is 6.94. The van der Waals surface area contributed by atoms with Gasteiger partial charge < -0.3 is 20.4 Å². The van der Waals surface area contributed by atoms with Crippen LogP contribution in [0.3, 0.4) is 0 Å². The second kappa shape index (κ2) is 9.28. The molecule has 0 unspecified atom stereocenters. The van der Waals surface area contributed by atoms with Crippen molar-refractivity contribution in [2.75, 3.05) is 13.7 Å². The van der Waals surface area contributed by atoms with Gasteiger partial charge in [-0.3, -0.25) is 9.59 Å². The Bertz CT molecular complexity index is 992. The van der Waals surface area contributed by atoms with Gasteiger partial charge in [-0.25, -0.2) is 0 Å². The Morgan fingerprint density at radius 3 is 2.52 bits per heavy atom. The van der Waals surface area contributed by atoms with Crippen molar-refractivity contribution in [1.29, 1.82) is 0 Å². The molecule has 152 valence electrons. The van der Waals surface area contributed by atoms with Gasteiger partial charge in [0, 0.05) is 29.6 Å². The van der Waals surface area contributed by atoms with Crippen LogP contribution in [0.25, 0.3) is 22.2 Å². The van der Waals surface area contributed by atoms with E-state index in [1.807, 2.05) is 49.4 Å². The van der Waals surface area contributed by atoms with Gasteiger partial charge in [0.25, 0.3) is 0 Å². The molecule has 29 heavy (non-hydrogen) atoms. The number of para-hydroxylation sites is 1. The number of methoxy groups -OCH3 is 1. The van der Waals surface area contributed by atoms with Gasteiger partial charge in [0.15, 0.2) is 0 Å². The Hall–Kier alpha value is -3.28. The molecule has 0 spiro atoms. The molecule has 6 nitrogen and oxygen atoms in total. The molecule has 2 aromatic carbocycles. The van der Waals surface area contributed by atoms with Gasteiger partial charge in [-0.1, -0.05) is 18.2 Å². The average molecular weight is 393 g/mol. The molecule has 0 aliphatic rings. The summed E-state index contributed by atoms with van der Waals surface area (Å²) in [5.74, 6) is 0.478. The first kappa shape index (κ1) is 20.5. The van der Waals surface area contributed by atoms with Crippen molar-refractivity contribution in [2.45, 2.75) is 32.7 Å². The van der Waals surface area contributed by atoms with Crippen molar-refractivity contribution in [3.05, 3.63) is 54.1 Å². The van der Waals surface area contributed by atoms with Gasteiger partial charge in [0.1, 0.15) is 11.8 Å². The van der Waals surface area contributed by atoms with Crippen molar-refractivity contribution >= 4 is 22.7 Å². The third-order valence-electron chi connectivity index (χ3n) is 4.92. The van der Waals surface area contributed by atoms with E-state index in [2.05, 4.69) is 21.7 Å². The van der Waals surface area contributed by atoms with E-state index in [-0.39, 0.29) is 11.8 Å². The highest BCUT2D eigenvalue weighted by Crippen LogP contribution is 2.32. The monoisotopic (exact) mass is 393 g/mol. The number of amides is 2. The number of H-pyrrole nitrogens is 1. The SMILES string of the molecule is CCNC(=O)[C@H](C)NC(=O)CCc1c(-c2ccc(OC)cc2)[nH]c2ccccc12. The van der Waals surface area contributed by atoms with Crippen molar-refractivity contribution in [3.63, 3.8) is 0 Å². The predicted molar refractivity (Wildman–Crippen MR) is 115 cm³/mol. The van der Waals surface area contributed by atoms with Gasteiger partial charge >= 0.3 is 0 Å². The van der Waals surface area contributed by atoms with Crippen molar-refractivity contribution < 1.29 is 14.3 Å². The maximum atomic E-state index is 12.4. The number of aryl methyl sites for hydroxylation is 1. The molecule has 1 aromatic heterocycles. The lowest BCUT2D eigenvalue weighted by Gasteiger charge is -2.13. The standard InChI is InChI=1S/C23H27N3O3/c1-4-24-23(28)15(2)25-21(27)14-13-19-18-7-5-6-8-20(18)26-22(19)16-9-11-17(29-3)12-10-16/h5-12,15,26H,4,13-14H2,1-3H3,(H,24,28)(H,25,27)/t15-/m0/s1. The number of benzene rings is 2. The fourth-order valence-corrected chi connectivity index (χ4v) is 3.41. The Morgan fingerprint density at radius 2 is 1.83 bits per heavy atom. The fraction of sp³-hybridized carbons (Fsp3) is 0.304. The van der Waals surface area contributed by atoms with Crippen LogP contribution in [0, 0.1) is 0 Å². The predicted octanol–water partition coefficient (Wildman–Crippen LogP) is 3.42. The van der Waals surface area contributed by atoms with Crippen LogP contribution in [-0.2, 0) is 16.0 Å². The van der Waals surface area contributed by atoms with E-state index in [0.29, 0.717) is 19.4 Å². The molecular weight excluding hydrogens is 366 g/mol. The summed E-state index contributed by atoms with van der Waals surface area (Å²) in [6.07, 6.45) is 0.869. The fourth-order valence-electron chi connectivity index (χ4n) is 3.41. The molecule has 0 bridgehead atoms. The maximum absolute atomic E-state index is 12.4. The van der Waals surface area contributed by atoms with Crippen LogP contribution in [0.15, 0.2) is 48.5 Å². The highest BCUT2D eigenvalue weighted by Gasteiger charge is 2.17. The smallest absolute Gasteiger partial charge is 0.242 e. The molecule has 1 atom stereocenters. The number of carbonyl (C=O) groups excluding carboxylic acids is 2. The topological polar surface area (TPSA) is 83.2 Å². The number of aromatic nitrogens is 1. The van der Waals surface area contributed by atoms with E-state index >= 15 is 0 Å². The summed E-state index contributed by atoms with van der Waals surface area (Å²) in [5.41, 5.74) is 4.16. The van der Waals surface area contributed by atoms with Gasteiger partial charge in [0.05, 0.1) is 7.11 Å². The van der Waals surface area contributed by atoms with Gasteiger partial charge in [-0.05, 0) is 61.7 Å². The minimum absolute atomic E-state index is 0.144. The van der Waals surface area contributed by atoms with Crippen molar-refractivity contribution in [2.24, 2.45) is 0 Å². The summed E-state index contributed by atoms with van der Waals surface area (Å²) in [5, 5.41) is 6.59. The molecule has 2 amide bonds. The normalized spacial score (nSPS) is 11.8. The molecule has 0 radical (unpaired) electrons. The van der Waals surface area contributed by atoms with Crippen molar-refractivity contribution in [1.82, 2.24) is 15.6 Å². The molecule has 6 heteroatoms. The maximum Gasteiger partial charge on any atom is 0.242 e. The van der Waals surface area contributed by atoms with Crippen LogP contribution in [0.1, 0.15) is 25.8 Å². The Labute approximate surface area is 170 Å². The first-order valence-corrected chi connectivity index (χ1v) is 9.84. The Kier molecular flexibility index (Phi) is 6.54. The number of rotatable bonds is 8. The third kappa shape index (κ3) is 4.77. The summed E-state index contributed by atoms with van der Waals surface area (Å²) in [7, 11) is 1.64. The molecule has 0 fully saturated rings. The Morgan fingerprint density at radius 1 is 1.10 bits per heavy atom. The number of likely N-dealkylation sites (N-methyl/N-ethyl adjacent to an activating group) is 1. The zero-order valence-electron chi connectivity index (χ0n) is 17.0. The summed E-state index contributed by atoms with van der Waals surface area (Å²) in [6.45, 7) is 4.08. The first-order chi connectivity index (χ1) is 14.0. The number of carbonyl (C=O) groups is 2. The van der Waals surface area contributed by atoms with Crippen LogP contribution in [0.2, 0.25) is 0 Å². The summed E-state index contributed by atoms with van der Waals surface area (Å²) in [4.78, 5) is 27.7. The zero-order valence-corrected chi connectivity index (χ0v) is 17.0. The molecular formula is C23H27N3O3. The van der Waals surface area contributed by atoms with Crippen molar-refractivity contribution in [3.8, 4) is 17.0 Å². The lowest BCUT2D eigenvalue weighted by molar-refractivity contribution is -0.128. The highest BCUT2D eigenvalue weighted by atomic mass is 16.5. The minimum atomic E-state index is -0.550. The van der Waals surface area contributed by atoms with E-state index in [1.54, 1.807) is 14.0 Å². The third-order valence-corrected chi connectivity index (χ3v) is 4.92. The largest absolute Gasteiger partial charge is 0.497 e. The van der Waals surface area contributed by atoms with E-state index in [4.69, 9.17) is 4.74 Å². The number of fused-ring (bicyclic) bond motifs is 1. The van der Waals surface area contributed by atoms with E-state index in [1.165, 1.54) is 0 Å². The number of hydrogen-bond donors (Lipinski definition) is 3. The quantitative estimate of drug-likeness (QED) is 0.548. The molecule has 0 saturated heterocycles. The van der Waals surface area contributed by atoms with E-state index < -0.39 is 6.04 Å². The Balaban J connectivity index is 1.80. The summed E-state index contributed by atoms with van der Waals surface area (Å²) < 4.78 is 5.25. The number of ether oxygens (including phenoxy) is 1. The summed E-state index contributed by atoms with van der Waals surface area (Å²) in [6, 6.07) is 15.4. The average Bonchev–Trinajstić information content (AvgIpc) is 3.11. The number of hydrogen-bond acceptors (Lipinski definition) is 3. The molecule has 1 heterocycles. The minimum Gasteiger partial charge on any atom is -0.497 e. The molecule has 3 N–H and O–H groups in total. The van der Waals surface area contributed by atoms with Crippen LogP contribution in [0.4, 0.5) is 0 Å². The highest BCUT2D eigenvalue weighted by molar-refractivity contribution is 5.92.